The molecule has 7 nitrogen and oxygen atoms in total. The first-order chi connectivity index (χ1) is 11.7. The highest BCUT2D eigenvalue weighted by Gasteiger charge is 2.28. The van der Waals surface area contributed by atoms with E-state index in [1.54, 1.807) is 11.1 Å². The molecule has 2 amide bonds. The van der Waals surface area contributed by atoms with Crippen LogP contribution in [0, 0.1) is 5.92 Å². The van der Waals surface area contributed by atoms with Crippen LogP contribution in [0.1, 0.15) is 12.8 Å². The minimum absolute atomic E-state index is 0.142. The fraction of sp³-hybridized carbons (Fsp3) is 0.353. The van der Waals surface area contributed by atoms with Gasteiger partial charge in [0.1, 0.15) is 0 Å². The van der Waals surface area contributed by atoms with E-state index in [0.717, 1.165) is 23.4 Å². The first kappa shape index (κ1) is 16.0. The van der Waals surface area contributed by atoms with Crippen LogP contribution in [0.15, 0.2) is 36.5 Å². The molecule has 1 aliphatic rings. The fourth-order valence-corrected chi connectivity index (χ4v) is 2.86. The zero-order valence-corrected chi connectivity index (χ0v) is 13.5. The van der Waals surface area contributed by atoms with E-state index in [-0.39, 0.29) is 17.9 Å². The van der Waals surface area contributed by atoms with Crippen molar-refractivity contribution < 1.29 is 14.3 Å². The number of methoxy groups -OCH3 is 1. The number of anilines is 1. The molecule has 1 saturated heterocycles. The lowest BCUT2D eigenvalue weighted by Crippen LogP contribution is -2.33. The van der Waals surface area contributed by atoms with E-state index >= 15 is 0 Å². The monoisotopic (exact) mass is 328 g/mol. The Morgan fingerprint density at radius 1 is 1.33 bits per heavy atom. The van der Waals surface area contributed by atoms with Gasteiger partial charge in [-0.3, -0.25) is 9.89 Å². The number of ether oxygens (including phenoxy) is 1. The van der Waals surface area contributed by atoms with Gasteiger partial charge in [-0.2, -0.15) is 5.10 Å². The van der Waals surface area contributed by atoms with Gasteiger partial charge in [0.25, 0.3) is 0 Å². The molecule has 3 rings (SSSR count). The van der Waals surface area contributed by atoms with Crippen LogP contribution in [0.2, 0.25) is 0 Å². The molecule has 24 heavy (non-hydrogen) atoms. The highest BCUT2D eigenvalue weighted by Crippen LogP contribution is 2.22. The number of hydrogen-bond acceptors (Lipinski definition) is 4. The number of aromatic amines is 1. The minimum atomic E-state index is -0.225. The highest BCUT2D eigenvalue weighted by atomic mass is 16.5. The van der Waals surface area contributed by atoms with Crippen LogP contribution in [0.5, 0.6) is 0 Å². The van der Waals surface area contributed by atoms with E-state index in [1.165, 1.54) is 7.11 Å². The predicted octanol–water partition coefficient (Wildman–Crippen LogP) is 2.49. The second-order valence-corrected chi connectivity index (χ2v) is 5.86. The van der Waals surface area contributed by atoms with Crippen molar-refractivity contribution in [1.29, 1.82) is 0 Å². The van der Waals surface area contributed by atoms with Crippen LogP contribution in [-0.4, -0.2) is 47.3 Å². The summed E-state index contributed by atoms with van der Waals surface area (Å²) >= 11 is 0. The number of amides is 2. The number of nitrogens with zero attached hydrogens (tertiary/aromatic N) is 2. The molecule has 2 heterocycles. The average molecular weight is 328 g/mol. The third-order valence-electron chi connectivity index (χ3n) is 4.20. The second-order valence-electron chi connectivity index (χ2n) is 5.86. The zero-order chi connectivity index (χ0) is 16.9. The van der Waals surface area contributed by atoms with Crippen molar-refractivity contribution >= 4 is 17.7 Å². The van der Waals surface area contributed by atoms with Gasteiger partial charge in [0.05, 0.1) is 19.2 Å². The van der Waals surface area contributed by atoms with E-state index in [4.69, 9.17) is 0 Å². The van der Waals surface area contributed by atoms with Crippen molar-refractivity contribution in [2.75, 3.05) is 25.5 Å². The van der Waals surface area contributed by atoms with E-state index < -0.39 is 0 Å². The molecule has 1 aliphatic heterocycles. The summed E-state index contributed by atoms with van der Waals surface area (Å²) in [5.74, 6) is -0.0531. The molecule has 1 atom stereocenters. The number of carbonyl (C=O) groups excluding carboxylic acids is 2. The molecule has 2 aromatic rings. The predicted molar refractivity (Wildman–Crippen MR) is 89.4 cm³/mol. The number of likely N-dealkylation sites (tertiary alicyclic amines) is 1. The van der Waals surface area contributed by atoms with Crippen LogP contribution in [0.25, 0.3) is 11.3 Å². The molecule has 1 unspecified atom stereocenters. The Balaban J connectivity index is 1.54. The molecular weight excluding hydrogens is 308 g/mol. The van der Waals surface area contributed by atoms with Gasteiger partial charge in [0, 0.05) is 25.0 Å². The minimum Gasteiger partial charge on any atom is -0.469 e. The van der Waals surface area contributed by atoms with Gasteiger partial charge in [0.2, 0.25) is 0 Å². The molecule has 7 heteroatoms. The van der Waals surface area contributed by atoms with Crippen LogP contribution in [-0.2, 0) is 9.53 Å². The summed E-state index contributed by atoms with van der Waals surface area (Å²) in [7, 11) is 1.38. The quantitative estimate of drug-likeness (QED) is 0.844. The number of benzene rings is 1. The Kier molecular flexibility index (Phi) is 4.79. The highest BCUT2D eigenvalue weighted by molar-refractivity contribution is 5.89. The Hall–Kier alpha value is -2.83. The number of aromatic nitrogens is 2. The van der Waals surface area contributed by atoms with Crippen LogP contribution >= 0.6 is 0 Å². The number of esters is 1. The van der Waals surface area contributed by atoms with Gasteiger partial charge in [-0.25, -0.2) is 4.79 Å². The summed E-state index contributed by atoms with van der Waals surface area (Å²) in [6.07, 6.45) is 2.88. The van der Waals surface area contributed by atoms with Crippen molar-refractivity contribution in [3.63, 3.8) is 0 Å². The third-order valence-corrected chi connectivity index (χ3v) is 4.20. The number of H-pyrrole nitrogens is 1. The van der Waals surface area contributed by atoms with E-state index in [1.807, 2.05) is 30.3 Å². The van der Waals surface area contributed by atoms with Gasteiger partial charge >= 0.3 is 12.0 Å². The van der Waals surface area contributed by atoms with Gasteiger partial charge < -0.3 is 15.0 Å². The summed E-state index contributed by atoms with van der Waals surface area (Å²) < 4.78 is 4.68. The van der Waals surface area contributed by atoms with Gasteiger partial charge in [-0.05, 0) is 36.1 Å². The number of rotatable bonds is 4. The molecule has 0 aliphatic carbocycles. The molecule has 0 radical (unpaired) electrons. The molecule has 0 spiro atoms. The van der Waals surface area contributed by atoms with Crippen LogP contribution in [0.3, 0.4) is 0 Å². The Bertz CT molecular complexity index is 697. The first-order valence-electron chi connectivity index (χ1n) is 7.88. The standard InChI is InChI=1S/C17H20N4O3/c1-24-16(22)10-12-7-9-21(11-12)17(23)19-14-4-2-13(3-5-14)15-6-8-18-20-15/h2-6,8,12H,7,9-11H2,1H3,(H,18,20)(H,19,23). The maximum Gasteiger partial charge on any atom is 0.321 e. The third kappa shape index (κ3) is 3.73. The molecule has 0 bridgehead atoms. The van der Waals surface area contributed by atoms with Crippen molar-refractivity contribution in [1.82, 2.24) is 15.1 Å². The molecule has 126 valence electrons. The topological polar surface area (TPSA) is 87.3 Å². The Labute approximate surface area is 140 Å². The Morgan fingerprint density at radius 3 is 2.79 bits per heavy atom. The number of nitrogens with one attached hydrogen (secondary N) is 2. The molecule has 2 N–H and O–H groups in total. The van der Waals surface area contributed by atoms with Gasteiger partial charge in [0.15, 0.2) is 0 Å². The largest absolute Gasteiger partial charge is 0.469 e. The summed E-state index contributed by atoms with van der Waals surface area (Å²) in [6, 6.07) is 9.31. The van der Waals surface area contributed by atoms with E-state index in [0.29, 0.717) is 19.5 Å². The normalized spacial score (nSPS) is 16.9. The number of urea groups is 1. The smallest absolute Gasteiger partial charge is 0.321 e. The van der Waals surface area contributed by atoms with Crippen molar-refractivity contribution in [3.05, 3.63) is 36.5 Å². The lowest BCUT2D eigenvalue weighted by Gasteiger charge is -2.17. The van der Waals surface area contributed by atoms with Crippen molar-refractivity contribution in [2.24, 2.45) is 5.92 Å². The maximum atomic E-state index is 12.3. The number of hydrogen-bond donors (Lipinski definition) is 2. The second kappa shape index (κ2) is 7.16. The number of carbonyl (C=O) groups is 2. The van der Waals surface area contributed by atoms with Crippen molar-refractivity contribution in [2.45, 2.75) is 12.8 Å². The fourth-order valence-electron chi connectivity index (χ4n) is 2.86. The SMILES string of the molecule is COC(=O)CC1CCN(C(=O)Nc2ccc(-c3ccn[nH]3)cc2)C1. The summed E-state index contributed by atoms with van der Waals surface area (Å²) in [5.41, 5.74) is 2.67. The lowest BCUT2D eigenvalue weighted by atomic mass is 10.1. The lowest BCUT2D eigenvalue weighted by molar-refractivity contribution is -0.141. The first-order valence-corrected chi connectivity index (χ1v) is 7.88. The summed E-state index contributed by atoms with van der Waals surface area (Å²) in [6.45, 7) is 1.23. The maximum absolute atomic E-state index is 12.3. The zero-order valence-electron chi connectivity index (χ0n) is 13.5. The Morgan fingerprint density at radius 2 is 2.12 bits per heavy atom. The van der Waals surface area contributed by atoms with Crippen molar-refractivity contribution in [3.8, 4) is 11.3 Å². The molecular formula is C17H20N4O3. The van der Waals surface area contributed by atoms with Gasteiger partial charge in [-0.1, -0.05) is 12.1 Å². The molecule has 1 fully saturated rings. The van der Waals surface area contributed by atoms with Gasteiger partial charge in [-0.15, -0.1) is 0 Å². The van der Waals surface area contributed by atoms with Crippen LogP contribution < -0.4 is 5.32 Å². The summed E-state index contributed by atoms with van der Waals surface area (Å²) in [5, 5.41) is 9.71. The molecule has 0 saturated carbocycles. The summed E-state index contributed by atoms with van der Waals surface area (Å²) in [4.78, 5) is 25.4. The molecule has 1 aromatic carbocycles. The van der Waals surface area contributed by atoms with E-state index in [2.05, 4.69) is 20.3 Å². The van der Waals surface area contributed by atoms with Crippen LogP contribution in [0.4, 0.5) is 10.5 Å². The average Bonchev–Trinajstić information content (AvgIpc) is 3.27. The van der Waals surface area contributed by atoms with E-state index in [9.17, 15) is 9.59 Å². The molecule has 1 aromatic heterocycles.